The van der Waals surface area contributed by atoms with Crippen molar-refractivity contribution in [3.63, 3.8) is 0 Å². The number of carbonyl (C=O) groups is 1. The molecule has 0 aromatic heterocycles. The number of carboxylic acid groups (broad SMARTS) is 1. The topological polar surface area (TPSA) is 60.4 Å². The number of hydrogen-bond acceptors (Lipinski definition) is 3. The van der Waals surface area contributed by atoms with Crippen LogP contribution < -0.4 is 5.11 Å². The van der Waals surface area contributed by atoms with E-state index < -0.39 is 5.97 Å². The fourth-order valence-corrected chi connectivity index (χ4v) is 2.97. The Morgan fingerprint density at radius 1 is 0.792 bits per heavy atom. The lowest BCUT2D eigenvalue weighted by atomic mass is 10.1. The molecule has 0 unspecified atom stereocenters. The maximum absolute atomic E-state index is 9.46. The van der Waals surface area contributed by atoms with Crippen molar-refractivity contribution in [1.82, 2.24) is 0 Å². The van der Waals surface area contributed by atoms with Crippen LogP contribution in [0.1, 0.15) is 85.5 Å². The first kappa shape index (κ1) is 28.5. The zero-order valence-corrected chi connectivity index (χ0v) is 17.3. The molecule has 0 aromatic rings. The first-order valence-corrected chi connectivity index (χ1v) is 9.61. The third-order valence-electron chi connectivity index (χ3n) is 4.28. The standard InChI is InChI=1S/C17H38NO.C2H4O2.ClH/c1-4-7-10-13-18(16-17-19,14-11-8-5-2)15-12-9-6-3;1-2(3)4;/h19H,4-17H2,1-3H3;1H3,(H,3,4);1H/q+1;;/p-1. The monoisotopic (exact) mass is 367 g/mol. The second kappa shape index (κ2) is 20.7. The number of halogens is 1. The normalized spacial score (nSPS) is 10.5. The van der Waals surface area contributed by atoms with Gasteiger partial charge in [0.25, 0.3) is 0 Å². The number of aliphatic hydroxyl groups is 1. The minimum Gasteiger partial charge on any atom is -0.550 e. The summed E-state index contributed by atoms with van der Waals surface area (Å²) in [6, 6.07) is 0. The molecule has 0 aliphatic carbocycles. The van der Waals surface area contributed by atoms with Crippen molar-refractivity contribution in [3.8, 4) is 0 Å². The largest absolute Gasteiger partial charge is 0.550 e. The van der Waals surface area contributed by atoms with E-state index in [1.54, 1.807) is 0 Å². The number of quaternary nitrogens is 1. The summed E-state index contributed by atoms with van der Waals surface area (Å²) in [7, 11) is 0. The molecule has 0 atom stereocenters. The summed E-state index contributed by atoms with van der Waals surface area (Å²) in [4.78, 5) is 8.89. The third kappa shape index (κ3) is 19.7. The predicted molar refractivity (Wildman–Crippen MR) is 103 cm³/mol. The summed E-state index contributed by atoms with van der Waals surface area (Å²) in [5.41, 5.74) is 0. The number of hydrogen-bond donors (Lipinski definition) is 1. The van der Waals surface area contributed by atoms with E-state index in [-0.39, 0.29) is 12.4 Å². The number of aliphatic carboxylic acids is 1. The molecule has 1 N–H and O–H groups in total. The molecule has 4 nitrogen and oxygen atoms in total. The molecule has 0 rings (SSSR count). The van der Waals surface area contributed by atoms with Crippen LogP contribution in [-0.4, -0.2) is 48.3 Å². The molecule has 0 radical (unpaired) electrons. The van der Waals surface area contributed by atoms with Gasteiger partial charge in [0.1, 0.15) is 6.54 Å². The quantitative estimate of drug-likeness (QED) is 0.377. The van der Waals surface area contributed by atoms with Crippen LogP contribution in [0, 0.1) is 0 Å². The summed E-state index contributed by atoms with van der Waals surface area (Å²) in [6.07, 6.45) is 11.9. The highest BCUT2D eigenvalue weighted by atomic mass is 35.5. The van der Waals surface area contributed by atoms with Gasteiger partial charge in [0.2, 0.25) is 0 Å². The average molecular weight is 368 g/mol. The van der Waals surface area contributed by atoms with Crippen molar-refractivity contribution in [3.05, 3.63) is 0 Å². The fraction of sp³-hybridized carbons (Fsp3) is 0.947. The molecule has 0 aromatic carbocycles. The van der Waals surface area contributed by atoms with Crippen molar-refractivity contribution < 1.29 is 19.5 Å². The molecule has 148 valence electrons. The smallest absolute Gasteiger partial charge is 0.102 e. The van der Waals surface area contributed by atoms with Crippen molar-refractivity contribution in [1.29, 1.82) is 0 Å². The minimum atomic E-state index is -1.08. The maximum atomic E-state index is 9.46. The number of carboxylic acids is 1. The van der Waals surface area contributed by atoms with Gasteiger partial charge in [0.15, 0.2) is 0 Å². The van der Waals surface area contributed by atoms with Gasteiger partial charge in [-0.1, -0.05) is 40.0 Å². The maximum Gasteiger partial charge on any atom is 0.102 e. The number of carbonyl (C=O) groups excluding carboxylic acids is 1. The van der Waals surface area contributed by atoms with E-state index in [0.29, 0.717) is 6.61 Å². The van der Waals surface area contributed by atoms with Gasteiger partial charge in [-0.2, -0.15) is 0 Å². The van der Waals surface area contributed by atoms with Gasteiger partial charge in [0, 0.05) is 5.97 Å². The van der Waals surface area contributed by atoms with Gasteiger partial charge in [-0.25, -0.2) is 0 Å². The Hall–Kier alpha value is -0.320. The highest BCUT2D eigenvalue weighted by Gasteiger charge is 2.25. The minimum absolute atomic E-state index is 0. The van der Waals surface area contributed by atoms with E-state index in [1.807, 2.05) is 0 Å². The summed E-state index contributed by atoms with van der Waals surface area (Å²) in [5, 5.41) is 18.3. The molecule has 0 spiro atoms. The Kier molecular flexibility index (Phi) is 24.6. The molecule has 0 saturated carbocycles. The van der Waals surface area contributed by atoms with Gasteiger partial charge < -0.3 is 19.5 Å². The molecule has 24 heavy (non-hydrogen) atoms. The van der Waals surface area contributed by atoms with E-state index >= 15 is 0 Å². The van der Waals surface area contributed by atoms with Crippen LogP contribution in [-0.2, 0) is 4.79 Å². The van der Waals surface area contributed by atoms with E-state index in [9.17, 15) is 5.11 Å². The van der Waals surface area contributed by atoms with Crippen LogP contribution in [0.4, 0.5) is 0 Å². The second-order valence-corrected chi connectivity index (χ2v) is 6.57. The van der Waals surface area contributed by atoms with Crippen LogP contribution in [0.15, 0.2) is 0 Å². The number of aliphatic hydroxyl groups excluding tert-OH is 1. The second-order valence-electron chi connectivity index (χ2n) is 6.57. The Labute approximate surface area is 156 Å². The van der Waals surface area contributed by atoms with Crippen molar-refractivity contribution in [2.24, 2.45) is 0 Å². The third-order valence-corrected chi connectivity index (χ3v) is 4.28. The summed E-state index contributed by atoms with van der Waals surface area (Å²) >= 11 is 0. The van der Waals surface area contributed by atoms with E-state index in [0.717, 1.165) is 13.5 Å². The van der Waals surface area contributed by atoms with Crippen molar-refractivity contribution >= 4 is 18.4 Å². The molecule has 0 bridgehead atoms. The molecular weight excluding hydrogens is 326 g/mol. The molecular formula is C19H42ClNO3. The highest BCUT2D eigenvalue weighted by Crippen LogP contribution is 2.16. The SMILES string of the molecule is CC(=O)[O-].CCCCC[N+](CCO)(CCCCC)CCCCC.Cl. The summed E-state index contributed by atoms with van der Waals surface area (Å²) < 4.78 is 1.18. The Morgan fingerprint density at radius 2 is 1.08 bits per heavy atom. The first-order chi connectivity index (χ1) is 11.0. The Bertz CT molecular complexity index is 232. The van der Waals surface area contributed by atoms with Crippen molar-refractivity contribution in [2.45, 2.75) is 85.5 Å². The van der Waals surface area contributed by atoms with Crippen LogP contribution in [0.3, 0.4) is 0 Å². The Balaban J connectivity index is -0.000000787. The zero-order chi connectivity index (χ0) is 18.0. The zero-order valence-electron chi connectivity index (χ0n) is 16.5. The van der Waals surface area contributed by atoms with Gasteiger partial charge in [0.05, 0.1) is 26.2 Å². The molecule has 0 saturated heterocycles. The van der Waals surface area contributed by atoms with Crippen LogP contribution in [0.2, 0.25) is 0 Å². The number of nitrogens with zero attached hydrogens (tertiary/aromatic N) is 1. The lowest BCUT2D eigenvalue weighted by molar-refractivity contribution is -0.929. The number of rotatable bonds is 14. The molecule has 0 fully saturated rings. The number of unbranched alkanes of at least 4 members (excludes halogenated alkanes) is 6. The molecule has 0 aliphatic heterocycles. The average Bonchev–Trinajstić information content (AvgIpc) is 2.48. The predicted octanol–water partition coefficient (Wildman–Crippen LogP) is 3.54. The van der Waals surface area contributed by atoms with Gasteiger partial charge in [-0.05, 0) is 45.4 Å². The van der Waals surface area contributed by atoms with Crippen molar-refractivity contribution in [2.75, 3.05) is 32.8 Å². The van der Waals surface area contributed by atoms with Crippen LogP contribution >= 0.6 is 12.4 Å². The van der Waals surface area contributed by atoms with Gasteiger partial charge in [-0.15, -0.1) is 12.4 Å². The Morgan fingerprint density at radius 3 is 1.29 bits per heavy atom. The van der Waals surface area contributed by atoms with Gasteiger partial charge in [-0.3, -0.25) is 0 Å². The fourth-order valence-electron chi connectivity index (χ4n) is 2.97. The lowest BCUT2D eigenvalue weighted by Gasteiger charge is -2.39. The molecule has 5 heteroatoms. The van der Waals surface area contributed by atoms with Crippen LogP contribution in [0.25, 0.3) is 0 Å². The van der Waals surface area contributed by atoms with E-state index in [2.05, 4.69) is 20.8 Å². The summed E-state index contributed by atoms with van der Waals surface area (Å²) in [5.74, 6) is -1.08. The lowest BCUT2D eigenvalue weighted by Crippen LogP contribution is -2.51. The van der Waals surface area contributed by atoms with E-state index in [1.165, 1.54) is 81.9 Å². The summed E-state index contributed by atoms with van der Waals surface area (Å²) in [6.45, 7) is 13.0. The molecule has 0 heterocycles. The molecule has 0 amide bonds. The van der Waals surface area contributed by atoms with E-state index in [4.69, 9.17) is 9.90 Å². The van der Waals surface area contributed by atoms with Gasteiger partial charge >= 0.3 is 0 Å². The first-order valence-electron chi connectivity index (χ1n) is 9.61. The highest BCUT2D eigenvalue weighted by molar-refractivity contribution is 5.85. The molecule has 0 aliphatic rings. The van der Waals surface area contributed by atoms with Crippen LogP contribution in [0.5, 0.6) is 0 Å².